The molecule has 4 heterocycles. The van der Waals surface area contributed by atoms with Gasteiger partial charge in [-0.15, -0.1) is 0 Å². The van der Waals surface area contributed by atoms with E-state index in [-0.39, 0.29) is 0 Å². The molecule has 9 rings (SSSR count). The Morgan fingerprint density at radius 1 is 0.571 bits per heavy atom. The predicted molar refractivity (Wildman–Crippen MR) is 140 cm³/mol. The van der Waals surface area contributed by atoms with E-state index in [1.807, 2.05) is 24.5 Å². The zero-order valence-corrected chi connectivity index (χ0v) is 18.8. The Balaban J connectivity index is 1.45. The molecule has 0 unspecified atom stereocenters. The van der Waals surface area contributed by atoms with Crippen molar-refractivity contribution in [3.05, 3.63) is 107 Å². The first-order valence-electron chi connectivity index (χ1n) is 12.1. The number of hydrogen-bond acceptors (Lipinski definition) is 3. The molecule has 7 aromatic rings. The molecule has 0 radical (unpaired) electrons. The van der Waals surface area contributed by atoms with E-state index < -0.39 is 0 Å². The van der Waals surface area contributed by atoms with Crippen molar-refractivity contribution in [1.82, 2.24) is 19.4 Å². The number of nitrogens with zero attached hydrogens (tertiary/aromatic N) is 4. The van der Waals surface area contributed by atoms with Gasteiger partial charge >= 0.3 is 0 Å². The zero-order chi connectivity index (χ0) is 22.7. The Labute approximate surface area is 200 Å². The maximum absolute atomic E-state index is 5.30. The summed E-state index contributed by atoms with van der Waals surface area (Å²) < 4.78 is 2.20. The summed E-state index contributed by atoms with van der Waals surface area (Å²) in [6.07, 6.45) is 5.65. The van der Waals surface area contributed by atoms with Gasteiger partial charge in [0.05, 0.1) is 11.0 Å². The summed E-state index contributed by atoms with van der Waals surface area (Å²) in [5.41, 5.74) is 15.9. The Kier molecular flexibility index (Phi) is 3.11. The highest BCUT2D eigenvalue weighted by atomic mass is 15.1. The molecule has 0 fully saturated rings. The fourth-order valence-electron chi connectivity index (χ4n) is 6.50. The van der Waals surface area contributed by atoms with Gasteiger partial charge in [-0.05, 0) is 76.1 Å². The van der Waals surface area contributed by atoms with Gasteiger partial charge in [-0.1, -0.05) is 48.5 Å². The van der Waals surface area contributed by atoms with Crippen LogP contribution in [0.25, 0.3) is 60.9 Å². The quantitative estimate of drug-likeness (QED) is 0.243. The van der Waals surface area contributed by atoms with E-state index >= 15 is 0 Å². The SMILES string of the molecule is c1ccc2c(c1)Cc1c-2ccc2c1-c1c(ccc3c1nc1c4ncccc4c4cccnc4n31)C2. The zero-order valence-electron chi connectivity index (χ0n) is 18.8. The fourth-order valence-corrected chi connectivity index (χ4v) is 6.50. The Hall–Kier alpha value is -4.57. The Morgan fingerprint density at radius 2 is 1.40 bits per heavy atom. The van der Waals surface area contributed by atoms with Gasteiger partial charge in [-0.2, -0.15) is 0 Å². The van der Waals surface area contributed by atoms with Gasteiger partial charge in [0.1, 0.15) is 11.2 Å². The molecule has 0 bridgehead atoms. The summed E-state index contributed by atoms with van der Waals surface area (Å²) in [6.45, 7) is 0. The maximum Gasteiger partial charge on any atom is 0.166 e. The van der Waals surface area contributed by atoms with Crippen molar-refractivity contribution in [3.8, 4) is 22.3 Å². The van der Waals surface area contributed by atoms with Gasteiger partial charge in [0.2, 0.25) is 0 Å². The van der Waals surface area contributed by atoms with Crippen molar-refractivity contribution in [1.29, 1.82) is 0 Å². The second kappa shape index (κ2) is 6.10. The summed E-state index contributed by atoms with van der Waals surface area (Å²) >= 11 is 0. The van der Waals surface area contributed by atoms with Crippen LogP contribution in [-0.4, -0.2) is 19.4 Å². The lowest BCUT2D eigenvalue weighted by molar-refractivity contribution is 1.22. The van der Waals surface area contributed by atoms with Crippen LogP contribution in [0.4, 0.5) is 0 Å². The van der Waals surface area contributed by atoms with Gasteiger partial charge in [-0.25, -0.2) is 9.97 Å². The van der Waals surface area contributed by atoms with E-state index in [4.69, 9.17) is 15.0 Å². The van der Waals surface area contributed by atoms with Crippen molar-refractivity contribution >= 4 is 38.6 Å². The number of imidazole rings is 1. The molecule has 2 aliphatic carbocycles. The molecule has 0 N–H and O–H groups in total. The molecule has 3 aromatic carbocycles. The molecule has 0 atom stereocenters. The lowest BCUT2D eigenvalue weighted by Crippen LogP contribution is -1.94. The standard InChI is InChI=1S/C31H18N4/c1-2-6-20-17(5-1)16-24-21(20)11-9-18-15-19-10-12-25-29(27(19)26(18)24)34-31-28-22(7-3-13-32-28)23-8-4-14-33-30(23)35(25)31/h1-14H,15-16H2. The van der Waals surface area contributed by atoms with Crippen molar-refractivity contribution in [2.75, 3.05) is 0 Å². The van der Waals surface area contributed by atoms with Crippen molar-refractivity contribution in [3.63, 3.8) is 0 Å². The van der Waals surface area contributed by atoms with Crippen molar-refractivity contribution in [2.45, 2.75) is 12.8 Å². The molecule has 0 saturated heterocycles. The van der Waals surface area contributed by atoms with Gasteiger partial charge in [0.15, 0.2) is 5.65 Å². The Bertz CT molecular complexity index is 2070. The summed E-state index contributed by atoms with van der Waals surface area (Å²) in [7, 11) is 0. The van der Waals surface area contributed by atoms with E-state index in [0.29, 0.717) is 0 Å². The molecule has 0 aliphatic heterocycles. The van der Waals surface area contributed by atoms with Crippen LogP contribution in [-0.2, 0) is 12.8 Å². The molecule has 162 valence electrons. The highest BCUT2D eigenvalue weighted by Crippen LogP contribution is 2.49. The maximum atomic E-state index is 5.30. The molecule has 0 saturated carbocycles. The van der Waals surface area contributed by atoms with Crippen LogP contribution in [0.2, 0.25) is 0 Å². The lowest BCUT2D eigenvalue weighted by Gasteiger charge is -2.10. The van der Waals surface area contributed by atoms with Crippen LogP contribution < -0.4 is 0 Å². The molecule has 4 aromatic heterocycles. The molecule has 2 aliphatic rings. The highest BCUT2D eigenvalue weighted by Gasteiger charge is 2.31. The van der Waals surface area contributed by atoms with Gasteiger partial charge in [0.25, 0.3) is 0 Å². The minimum Gasteiger partial charge on any atom is -0.274 e. The van der Waals surface area contributed by atoms with Crippen LogP contribution in [0.3, 0.4) is 0 Å². The minimum absolute atomic E-state index is 0.875. The number of rotatable bonds is 0. The average Bonchev–Trinajstić information content (AvgIpc) is 3.59. The minimum atomic E-state index is 0.875. The van der Waals surface area contributed by atoms with E-state index in [2.05, 4.69) is 65.1 Å². The highest BCUT2D eigenvalue weighted by molar-refractivity contribution is 6.13. The topological polar surface area (TPSA) is 43.1 Å². The third-order valence-corrected chi connectivity index (χ3v) is 7.93. The van der Waals surface area contributed by atoms with Crippen LogP contribution in [0.5, 0.6) is 0 Å². The molecular formula is C31H18N4. The predicted octanol–water partition coefficient (Wildman–Crippen LogP) is 6.73. The molecule has 0 spiro atoms. The second-order valence-electron chi connectivity index (χ2n) is 9.65. The largest absolute Gasteiger partial charge is 0.274 e. The van der Waals surface area contributed by atoms with Crippen LogP contribution in [0.1, 0.15) is 22.3 Å². The summed E-state index contributed by atoms with van der Waals surface area (Å²) in [5, 5.41) is 2.19. The third kappa shape index (κ3) is 2.11. The van der Waals surface area contributed by atoms with E-state index in [1.165, 1.54) is 44.5 Å². The van der Waals surface area contributed by atoms with E-state index in [9.17, 15) is 0 Å². The first kappa shape index (κ1) is 17.8. The summed E-state index contributed by atoms with van der Waals surface area (Å²) in [5.74, 6) is 0. The third-order valence-electron chi connectivity index (χ3n) is 7.93. The normalized spacial score (nSPS) is 13.5. The number of fused-ring (bicyclic) bond motifs is 16. The van der Waals surface area contributed by atoms with Crippen molar-refractivity contribution < 1.29 is 0 Å². The number of aromatic nitrogens is 4. The monoisotopic (exact) mass is 446 g/mol. The Morgan fingerprint density at radius 3 is 2.37 bits per heavy atom. The van der Waals surface area contributed by atoms with Crippen LogP contribution >= 0.6 is 0 Å². The molecule has 4 heteroatoms. The first-order chi connectivity index (χ1) is 17.4. The smallest absolute Gasteiger partial charge is 0.166 e. The number of hydrogen-bond donors (Lipinski definition) is 0. The summed E-state index contributed by atoms with van der Waals surface area (Å²) in [6, 6.07) is 26.2. The molecule has 35 heavy (non-hydrogen) atoms. The molecule has 4 nitrogen and oxygen atoms in total. The summed E-state index contributed by atoms with van der Waals surface area (Å²) in [4.78, 5) is 14.9. The van der Waals surface area contributed by atoms with E-state index in [0.717, 1.165) is 51.5 Å². The second-order valence-corrected chi connectivity index (χ2v) is 9.65. The average molecular weight is 447 g/mol. The van der Waals surface area contributed by atoms with Crippen molar-refractivity contribution in [2.24, 2.45) is 0 Å². The first-order valence-corrected chi connectivity index (χ1v) is 12.1. The van der Waals surface area contributed by atoms with Gasteiger partial charge < -0.3 is 0 Å². The van der Waals surface area contributed by atoms with E-state index in [1.54, 1.807) is 0 Å². The number of pyridine rings is 3. The lowest BCUT2D eigenvalue weighted by atomic mass is 9.94. The number of benzene rings is 3. The van der Waals surface area contributed by atoms with Crippen LogP contribution in [0.15, 0.2) is 85.2 Å². The van der Waals surface area contributed by atoms with Gasteiger partial charge in [-0.3, -0.25) is 9.38 Å². The van der Waals surface area contributed by atoms with Crippen LogP contribution in [0, 0.1) is 0 Å². The molecule has 0 amide bonds. The van der Waals surface area contributed by atoms with Gasteiger partial charge in [0, 0.05) is 28.7 Å². The fraction of sp³-hybridized carbons (Fsp3) is 0.0645. The molecular weight excluding hydrogens is 428 g/mol.